The van der Waals surface area contributed by atoms with E-state index in [-0.39, 0.29) is 11.5 Å². The minimum absolute atomic E-state index is 0.148. The summed E-state index contributed by atoms with van der Waals surface area (Å²) in [5.74, 6) is 2.16. The predicted octanol–water partition coefficient (Wildman–Crippen LogP) is 2.80. The number of benzene rings is 1. The first kappa shape index (κ1) is 15.3. The molecule has 0 amide bonds. The maximum Gasteiger partial charge on any atom is 0.261 e. The molecule has 1 aromatic carbocycles. The maximum absolute atomic E-state index is 6.14. The molecule has 0 spiro atoms. The summed E-state index contributed by atoms with van der Waals surface area (Å²) in [5, 5.41) is 3.98. The average Bonchev–Trinajstić information content (AvgIpc) is 2.94. The van der Waals surface area contributed by atoms with Crippen molar-refractivity contribution in [2.24, 2.45) is 11.1 Å². The molecule has 0 fully saturated rings. The highest BCUT2D eigenvalue weighted by atomic mass is 16.5. The molecule has 2 aromatic rings. The molecule has 6 nitrogen and oxygen atoms in total. The van der Waals surface area contributed by atoms with E-state index in [1.807, 2.05) is 32.9 Å². The van der Waals surface area contributed by atoms with Crippen molar-refractivity contribution in [3.63, 3.8) is 0 Å². The standard InChI is InChI=1S/C15H21N3O3/c1-15(2,3)12(16)13-17-14(21-18-13)10-7-6-9(19-4)8-11(10)20-5/h6-8,12H,16H2,1-5H3. The lowest BCUT2D eigenvalue weighted by Crippen LogP contribution is -2.27. The van der Waals surface area contributed by atoms with Gasteiger partial charge in [-0.25, -0.2) is 0 Å². The second-order valence-electron chi connectivity index (χ2n) is 5.87. The van der Waals surface area contributed by atoms with Crippen LogP contribution in [0.3, 0.4) is 0 Å². The summed E-state index contributed by atoms with van der Waals surface area (Å²) in [6.45, 7) is 6.09. The van der Waals surface area contributed by atoms with Crippen LogP contribution in [0.4, 0.5) is 0 Å². The van der Waals surface area contributed by atoms with E-state index in [0.717, 1.165) is 0 Å². The number of methoxy groups -OCH3 is 2. The van der Waals surface area contributed by atoms with E-state index in [1.54, 1.807) is 20.3 Å². The van der Waals surface area contributed by atoms with Gasteiger partial charge in [0.1, 0.15) is 11.5 Å². The topological polar surface area (TPSA) is 83.4 Å². The first-order valence-electron chi connectivity index (χ1n) is 6.68. The first-order chi connectivity index (χ1) is 9.86. The zero-order valence-corrected chi connectivity index (χ0v) is 13.0. The highest BCUT2D eigenvalue weighted by Crippen LogP contribution is 2.34. The molecule has 0 saturated carbocycles. The number of ether oxygens (including phenoxy) is 2. The number of aromatic nitrogens is 2. The van der Waals surface area contributed by atoms with Gasteiger partial charge >= 0.3 is 0 Å². The van der Waals surface area contributed by atoms with Crippen molar-refractivity contribution in [1.82, 2.24) is 10.1 Å². The van der Waals surface area contributed by atoms with Crippen LogP contribution in [0, 0.1) is 5.41 Å². The summed E-state index contributed by atoms with van der Waals surface area (Å²) in [4.78, 5) is 4.39. The van der Waals surface area contributed by atoms with Crippen LogP contribution in [0.2, 0.25) is 0 Å². The molecule has 1 aromatic heterocycles. The summed E-state index contributed by atoms with van der Waals surface area (Å²) in [7, 11) is 3.18. The van der Waals surface area contributed by atoms with Crippen LogP contribution >= 0.6 is 0 Å². The van der Waals surface area contributed by atoms with Crippen molar-refractivity contribution in [2.75, 3.05) is 14.2 Å². The van der Waals surface area contributed by atoms with Crippen LogP contribution < -0.4 is 15.2 Å². The third-order valence-corrected chi connectivity index (χ3v) is 3.29. The average molecular weight is 291 g/mol. The van der Waals surface area contributed by atoms with Gasteiger partial charge in [0, 0.05) is 6.07 Å². The second kappa shape index (κ2) is 5.73. The van der Waals surface area contributed by atoms with E-state index in [9.17, 15) is 0 Å². The maximum atomic E-state index is 6.14. The molecular weight excluding hydrogens is 270 g/mol. The van der Waals surface area contributed by atoms with Crippen LogP contribution in [-0.2, 0) is 0 Å². The smallest absolute Gasteiger partial charge is 0.261 e. The molecule has 0 aliphatic rings. The minimum atomic E-state index is -0.306. The van der Waals surface area contributed by atoms with Gasteiger partial charge in [0.2, 0.25) is 0 Å². The van der Waals surface area contributed by atoms with E-state index in [1.165, 1.54) is 0 Å². The van der Waals surface area contributed by atoms with Gasteiger partial charge in [-0.15, -0.1) is 0 Å². The Labute approximate surface area is 124 Å². The van der Waals surface area contributed by atoms with Crippen molar-refractivity contribution >= 4 is 0 Å². The van der Waals surface area contributed by atoms with Crippen LogP contribution in [-0.4, -0.2) is 24.4 Å². The SMILES string of the molecule is COc1ccc(-c2nc(C(N)C(C)(C)C)no2)c(OC)c1. The van der Waals surface area contributed by atoms with Crippen molar-refractivity contribution in [3.8, 4) is 23.0 Å². The minimum Gasteiger partial charge on any atom is -0.497 e. The number of rotatable bonds is 4. The van der Waals surface area contributed by atoms with Gasteiger partial charge in [-0.1, -0.05) is 25.9 Å². The Balaban J connectivity index is 2.38. The Morgan fingerprint density at radius 2 is 1.90 bits per heavy atom. The van der Waals surface area contributed by atoms with E-state index in [4.69, 9.17) is 19.7 Å². The molecule has 2 rings (SSSR count). The van der Waals surface area contributed by atoms with E-state index < -0.39 is 0 Å². The molecule has 6 heteroatoms. The third-order valence-electron chi connectivity index (χ3n) is 3.29. The van der Waals surface area contributed by atoms with Gasteiger partial charge in [-0.05, 0) is 17.5 Å². The second-order valence-corrected chi connectivity index (χ2v) is 5.87. The van der Waals surface area contributed by atoms with E-state index in [0.29, 0.717) is 28.8 Å². The molecule has 1 unspecified atom stereocenters. The lowest BCUT2D eigenvalue weighted by molar-refractivity contribution is 0.303. The molecule has 2 N–H and O–H groups in total. The Morgan fingerprint density at radius 1 is 1.19 bits per heavy atom. The summed E-state index contributed by atoms with van der Waals surface area (Å²) in [6, 6.07) is 5.09. The Hall–Kier alpha value is -2.08. The fourth-order valence-electron chi connectivity index (χ4n) is 1.83. The molecule has 1 atom stereocenters. The summed E-state index contributed by atoms with van der Waals surface area (Å²) >= 11 is 0. The predicted molar refractivity (Wildman–Crippen MR) is 79.2 cm³/mol. The summed E-state index contributed by atoms with van der Waals surface area (Å²) in [5.41, 5.74) is 6.70. The molecule has 0 bridgehead atoms. The molecule has 0 saturated heterocycles. The van der Waals surface area contributed by atoms with E-state index >= 15 is 0 Å². The highest BCUT2D eigenvalue weighted by molar-refractivity contribution is 5.64. The van der Waals surface area contributed by atoms with E-state index in [2.05, 4.69) is 10.1 Å². The van der Waals surface area contributed by atoms with Gasteiger partial charge in [-0.3, -0.25) is 0 Å². The highest BCUT2D eigenvalue weighted by Gasteiger charge is 2.27. The van der Waals surface area contributed by atoms with Crippen molar-refractivity contribution in [2.45, 2.75) is 26.8 Å². The molecule has 0 aliphatic carbocycles. The molecular formula is C15H21N3O3. The summed E-state index contributed by atoms with van der Waals surface area (Å²) < 4.78 is 15.8. The monoisotopic (exact) mass is 291 g/mol. The van der Waals surface area contributed by atoms with Crippen molar-refractivity contribution in [3.05, 3.63) is 24.0 Å². The number of hydrogen-bond acceptors (Lipinski definition) is 6. The van der Waals surface area contributed by atoms with Crippen molar-refractivity contribution in [1.29, 1.82) is 0 Å². The Bertz CT molecular complexity index is 617. The third kappa shape index (κ3) is 3.16. The molecule has 21 heavy (non-hydrogen) atoms. The van der Waals surface area contributed by atoms with Gasteiger partial charge in [0.15, 0.2) is 5.82 Å². The molecule has 1 heterocycles. The Morgan fingerprint density at radius 3 is 2.48 bits per heavy atom. The molecule has 0 aliphatic heterocycles. The normalized spacial score (nSPS) is 13.0. The van der Waals surface area contributed by atoms with Crippen molar-refractivity contribution < 1.29 is 14.0 Å². The number of hydrogen-bond donors (Lipinski definition) is 1. The van der Waals surface area contributed by atoms with Crippen LogP contribution in [0.15, 0.2) is 22.7 Å². The lowest BCUT2D eigenvalue weighted by atomic mass is 9.87. The van der Waals surface area contributed by atoms with Crippen LogP contribution in [0.5, 0.6) is 11.5 Å². The van der Waals surface area contributed by atoms with Gasteiger partial charge in [0.05, 0.1) is 25.8 Å². The fraction of sp³-hybridized carbons (Fsp3) is 0.467. The number of nitrogens with two attached hydrogens (primary N) is 1. The molecule has 0 radical (unpaired) electrons. The fourth-order valence-corrected chi connectivity index (χ4v) is 1.83. The van der Waals surface area contributed by atoms with Crippen LogP contribution in [0.25, 0.3) is 11.5 Å². The number of nitrogens with zero attached hydrogens (tertiary/aromatic N) is 2. The quantitative estimate of drug-likeness (QED) is 0.932. The summed E-state index contributed by atoms with van der Waals surface area (Å²) in [6.07, 6.45) is 0. The zero-order valence-electron chi connectivity index (χ0n) is 13.0. The largest absolute Gasteiger partial charge is 0.497 e. The molecule has 114 valence electrons. The Kier molecular flexibility index (Phi) is 4.18. The zero-order chi connectivity index (χ0) is 15.6. The van der Waals surface area contributed by atoms with Gasteiger partial charge < -0.3 is 19.7 Å². The van der Waals surface area contributed by atoms with Gasteiger partial charge in [-0.2, -0.15) is 4.98 Å². The lowest BCUT2D eigenvalue weighted by Gasteiger charge is -2.23. The van der Waals surface area contributed by atoms with Crippen LogP contribution in [0.1, 0.15) is 32.6 Å². The first-order valence-corrected chi connectivity index (χ1v) is 6.68. The van der Waals surface area contributed by atoms with Gasteiger partial charge in [0.25, 0.3) is 5.89 Å².